The van der Waals surface area contributed by atoms with Gasteiger partial charge in [0.25, 0.3) is 0 Å². The maximum Gasteiger partial charge on any atom is 0.222 e. The van der Waals surface area contributed by atoms with Crippen molar-refractivity contribution in [2.75, 3.05) is 0 Å². The largest absolute Gasteiger partial charge is 0.467 e. The molecule has 5 nitrogen and oxygen atoms in total. The van der Waals surface area contributed by atoms with Gasteiger partial charge in [0.1, 0.15) is 5.76 Å². The van der Waals surface area contributed by atoms with E-state index in [1.165, 1.54) is 0 Å². The quantitative estimate of drug-likeness (QED) is 0.787. The predicted molar refractivity (Wildman–Crippen MR) is 65.0 cm³/mol. The number of aromatic nitrogens is 1. The molecule has 0 radical (unpaired) electrons. The lowest BCUT2D eigenvalue weighted by Gasteiger charge is -2.06. The first-order valence-corrected chi connectivity index (χ1v) is 5.69. The standard InChI is InChI=1S/C13H14N2O3/c16-10-11-3-1-6-15(11)7-5-13(17)14-9-12-4-2-8-18-12/h1-4,6,8,10H,5,7,9H2,(H,14,17). The maximum absolute atomic E-state index is 11.6. The van der Waals surface area contributed by atoms with Gasteiger partial charge in [0.15, 0.2) is 6.29 Å². The number of furan rings is 1. The monoisotopic (exact) mass is 246 g/mol. The molecule has 2 aromatic heterocycles. The molecule has 18 heavy (non-hydrogen) atoms. The second-order valence-electron chi connectivity index (χ2n) is 3.85. The molecule has 0 saturated carbocycles. The summed E-state index contributed by atoms with van der Waals surface area (Å²) in [6.07, 6.45) is 4.46. The fraction of sp³-hybridized carbons (Fsp3) is 0.231. The molecule has 0 unspecified atom stereocenters. The Hall–Kier alpha value is -2.30. The number of nitrogens with one attached hydrogen (secondary N) is 1. The molecule has 2 heterocycles. The molecule has 2 aromatic rings. The average molecular weight is 246 g/mol. The molecule has 94 valence electrons. The average Bonchev–Trinajstić information content (AvgIpc) is 3.04. The van der Waals surface area contributed by atoms with E-state index in [0.29, 0.717) is 25.2 Å². The van der Waals surface area contributed by atoms with E-state index in [1.54, 1.807) is 41.3 Å². The molecular weight excluding hydrogens is 232 g/mol. The van der Waals surface area contributed by atoms with Crippen LogP contribution in [-0.4, -0.2) is 16.8 Å². The SMILES string of the molecule is O=Cc1cccn1CCC(=O)NCc1ccco1. The van der Waals surface area contributed by atoms with Crippen LogP contribution >= 0.6 is 0 Å². The Labute approximate surface area is 104 Å². The van der Waals surface area contributed by atoms with Crippen LogP contribution in [0.15, 0.2) is 41.1 Å². The summed E-state index contributed by atoms with van der Waals surface area (Å²) in [6, 6.07) is 7.08. The van der Waals surface area contributed by atoms with Crippen molar-refractivity contribution in [1.82, 2.24) is 9.88 Å². The topological polar surface area (TPSA) is 64.2 Å². The minimum absolute atomic E-state index is 0.0723. The van der Waals surface area contributed by atoms with E-state index in [0.717, 1.165) is 12.0 Å². The van der Waals surface area contributed by atoms with Gasteiger partial charge in [0, 0.05) is 19.2 Å². The van der Waals surface area contributed by atoms with E-state index in [4.69, 9.17) is 4.42 Å². The molecule has 0 aliphatic carbocycles. The van der Waals surface area contributed by atoms with Crippen molar-refractivity contribution in [3.05, 3.63) is 48.2 Å². The summed E-state index contributed by atoms with van der Waals surface area (Å²) in [5.41, 5.74) is 0.578. The Kier molecular flexibility index (Phi) is 3.96. The zero-order valence-electron chi connectivity index (χ0n) is 9.83. The van der Waals surface area contributed by atoms with E-state index in [1.807, 2.05) is 0 Å². The summed E-state index contributed by atoms with van der Waals surface area (Å²) in [4.78, 5) is 22.3. The summed E-state index contributed by atoms with van der Waals surface area (Å²) < 4.78 is 6.85. The lowest BCUT2D eigenvalue weighted by atomic mass is 10.3. The predicted octanol–water partition coefficient (Wildman–Crippen LogP) is 1.60. The van der Waals surface area contributed by atoms with Gasteiger partial charge in [-0.2, -0.15) is 0 Å². The molecule has 0 saturated heterocycles. The van der Waals surface area contributed by atoms with Gasteiger partial charge >= 0.3 is 0 Å². The van der Waals surface area contributed by atoms with Crippen molar-refractivity contribution < 1.29 is 14.0 Å². The number of carbonyl (C=O) groups excluding carboxylic acids is 2. The molecule has 0 aliphatic heterocycles. The number of carbonyl (C=O) groups is 2. The fourth-order valence-corrected chi connectivity index (χ4v) is 1.65. The smallest absolute Gasteiger partial charge is 0.222 e. The van der Waals surface area contributed by atoms with Crippen LogP contribution in [0.5, 0.6) is 0 Å². The molecule has 1 N–H and O–H groups in total. The minimum atomic E-state index is -0.0723. The van der Waals surface area contributed by atoms with Gasteiger partial charge in [-0.25, -0.2) is 0 Å². The first-order valence-electron chi connectivity index (χ1n) is 5.69. The molecule has 0 aliphatic rings. The van der Waals surface area contributed by atoms with Crippen LogP contribution in [0, 0.1) is 0 Å². The third-order valence-corrected chi connectivity index (χ3v) is 2.61. The molecule has 0 fully saturated rings. The van der Waals surface area contributed by atoms with Crippen molar-refractivity contribution in [2.45, 2.75) is 19.5 Å². The van der Waals surface area contributed by atoms with Crippen molar-refractivity contribution in [3.63, 3.8) is 0 Å². The Morgan fingerprint density at radius 2 is 2.28 bits per heavy atom. The summed E-state index contributed by atoms with van der Waals surface area (Å²) in [5.74, 6) is 0.648. The highest BCUT2D eigenvalue weighted by atomic mass is 16.3. The lowest BCUT2D eigenvalue weighted by molar-refractivity contribution is -0.121. The molecule has 0 atom stereocenters. The van der Waals surface area contributed by atoms with Crippen LogP contribution in [0.2, 0.25) is 0 Å². The third-order valence-electron chi connectivity index (χ3n) is 2.61. The van der Waals surface area contributed by atoms with Gasteiger partial charge in [-0.1, -0.05) is 0 Å². The van der Waals surface area contributed by atoms with E-state index in [9.17, 15) is 9.59 Å². The Balaban J connectivity index is 1.76. The Morgan fingerprint density at radius 1 is 1.39 bits per heavy atom. The highest BCUT2D eigenvalue weighted by molar-refractivity contribution is 5.76. The number of rotatable bonds is 6. The van der Waals surface area contributed by atoms with Gasteiger partial charge in [0.2, 0.25) is 5.91 Å². The number of aryl methyl sites for hydroxylation is 1. The number of nitrogens with zero attached hydrogens (tertiary/aromatic N) is 1. The van der Waals surface area contributed by atoms with Gasteiger partial charge in [-0.05, 0) is 24.3 Å². The van der Waals surface area contributed by atoms with E-state index in [-0.39, 0.29) is 5.91 Å². The summed E-state index contributed by atoms with van der Waals surface area (Å²) in [7, 11) is 0. The Morgan fingerprint density at radius 3 is 3.00 bits per heavy atom. The molecule has 0 aromatic carbocycles. The van der Waals surface area contributed by atoms with Crippen molar-refractivity contribution in [1.29, 1.82) is 0 Å². The fourth-order valence-electron chi connectivity index (χ4n) is 1.65. The van der Waals surface area contributed by atoms with Crippen LogP contribution in [0.25, 0.3) is 0 Å². The minimum Gasteiger partial charge on any atom is -0.467 e. The van der Waals surface area contributed by atoms with Gasteiger partial charge in [-0.15, -0.1) is 0 Å². The summed E-state index contributed by atoms with van der Waals surface area (Å²) >= 11 is 0. The summed E-state index contributed by atoms with van der Waals surface area (Å²) in [5, 5.41) is 2.75. The van der Waals surface area contributed by atoms with E-state index in [2.05, 4.69) is 5.32 Å². The molecule has 2 rings (SSSR count). The second kappa shape index (κ2) is 5.86. The highest BCUT2D eigenvalue weighted by Crippen LogP contribution is 2.02. The maximum atomic E-state index is 11.6. The van der Waals surface area contributed by atoms with Gasteiger partial charge in [-0.3, -0.25) is 9.59 Å². The molecular formula is C13H14N2O3. The zero-order valence-corrected chi connectivity index (χ0v) is 9.83. The van der Waals surface area contributed by atoms with Gasteiger partial charge in [0.05, 0.1) is 18.5 Å². The van der Waals surface area contributed by atoms with Crippen LogP contribution in [0.3, 0.4) is 0 Å². The van der Waals surface area contributed by atoms with Crippen molar-refractivity contribution in [3.8, 4) is 0 Å². The molecule has 1 amide bonds. The number of hydrogen-bond donors (Lipinski definition) is 1. The molecule has 0 spiro atoms. The zero-order chi connectivity index (χ0) is 12.8. The lowest BCUT2D eigenvalue weighted by Crippen LogP contribution is -2.23. The van der Waals surface area contributed by atoms with Crippen LogP contribution in [0.1, 0.15) is 22.7 Å². The van der Waals surface area contributed by atoms with Gasteiger partial charge < -0.3 is 14.3 Å². The normalized spacial score (nSPS) is 10.2. The van der Waals surface area contributed by atoms with Crippen LogP contribution < -0.4 is 5.32 Å². The number of aldehydes is 1. The van der Waals surface area contributed by atoms with Crippen molar-refractivity contribution >= 4 is 12.2 Å². The number of amides is 1. The first kappa shape index (κ1) is 12.2. The van der Waals surface area contributed by atoms with E-state index >= 15 is 0 Å². The van der Waals surface area contributed by atoms with E-state index < -0.39 is 0 Å². The first-order chi connectivity index (χ1) is 8.79. The third kappa shape index (κ3) is 3.10. The number of hydrogen-bond acceptors (Lipinski definition) is 3. The molecule has 0 bridgehead atoms. The van der Waals surface area contributed by atoms with Crippen LogP contribution in [0.4, 0.5) is 0 Å². The summed E-state index contributed by atoms with van der Waals surface area (Å²) in [6.45, 7) is 0.878. The molecule has 5 heteroatoms. The van der Waals surface area contributed by atoms with Crippen LogP contribution in [-0.2, 0) is 17.9 Å². The van der Waals surface area contributed by atoms with Crippen molar-refractivity contribution in [2.24, 2.45) is 0 Å². The second-order valence-corrected chi connectivity index (χ2v) is 3.85. The Bertz CT molecular complexity index is 514. The highest BCUT2D eigenvalue weighted by Gasteiger charge is 2.05.